The van der Waals surface area contributed by atoms with Crippen LogP contribution in [0.3, 0.4) is 0 Å². The molecule has 1 fully saturated rings. The monoisotopic (exact) mass is 295 g/mol. The zero-order valence-corrected chi connectivity index (χ0v) is 11.9. The molecule has 1 aliphatic heterocycles. The Labute approximate surface area is 121 Å². The van der Waals surface area contributed by atoms with Gasteiger partial charge in [-0.15, -0.1) is 0 Å². The van der Waals surface area contributed by atoms with Gasteiger partial charge >= 0.3 is 5.97 Å². The Morgan fingerprint density at radius 3 is 2.67 bits per heavy atom. The summed E-state index contributed by atoms with van der Waals surface area (Å²) in [7, 11) is 0. The molecule has 1 atom stereocenters. The minimum atomic E-state index is -1.04. The van der Waals surface area contributed by atoms with E-state index in [9.17, 15) is 19.7 Å². The first-order valence-corrected chi connectivity index (χ1v) is 6.73. The van der Waals surface area contributed by atoms with Gasteiger partial charge in [0.1, 0.15) is 11.7 Å². The normalized spacial score (nSPS) is 18.2. The lowest BCUT2D eigenvalue weighted by Gasteiger charge is -2.22. The highest BCUT2D eigenvalue weighted by Gasteiger charge is 2.36. The van der Waals surface area contributed by atoms with Crippen LogP contribution in [0.2, 0.25) is 0 Å². The number of carbonyl (C=O) groups is 2. The summed E-state index contributed by atoms with van der Waals surface area (Å²) < 4.78 is 1.51. The van der Waals surface area contributed by atoms with Crippen LogP contribution in [-0.2, 0) is 4.79 Å². The van der Waals surface area contributed by atoms with Gasteiger partial charge in [-0.1, -0.05) is 0 Å². The Morgan fingerprint density at radius 1 is 1.48 bits per heavy atom. The standard InChI is InChI=1S/C13H17N3O5/c1-8(2)15-7-9(16(20)21)6-11(15)12(17)14-5-3-4-10(14)13(18)19/h6-8,10H,3-5H2,1-2H3,(H,18,19)/t10-/m0/s1. The van der Waals surface area contributed by atoms with Crippen LogP contribution in [0.25, 0.3) is 0 Å². The summed E-state index contributed by atoms with van der Waals surface area (Å²) in [5.41, 5.74) is -0.0111. The minimum absolute atomic E-state index is 0.136. The molecular formula is C13H17N3O5. The quantitative estimate of drug-likeness (QED) is 0.671. The Morgan fingerprint density at radius 2 is 2.14 bits per heavy atom. The maximum Gasteiger partial charge on any atom is 0.326 e. The summed E-state index contributed by atoms with van der Waals surface area (Å²) in [5.74, 6) is -1.51. The van der Waals surface area contributed by atoms with Gasteiger partial charge in [-0.2, -0.15) is 0 Å². The van der Waals surface area contributed by atoms with Gasteiger partial charge in [0, 0.05) is 18.7 Å². The first kappa shape index (κ1) is 15.0. The Hall–Kier alpha value is -2.38. The van der Waals surface area contributed by atoms with Gasteiger partial charge in [0.2, 0.25) is 0 Å². The average Bonchev–Trinajstić information content (AvgIpc) is 3.04. The van der Waals surface area contributed by atoms with Crippen LogP contribution in [0, 0.1) is 10.1 Å². The second-order valence-electron chi connectivity index (χ2n) is 5.34. The van der Waals surface area contributed by atoms with Crippen LogP contribution >= 0.6 is 0 Å². The molecule has 1 aromatic heterocycles. The van der Waals surface area contributed by atoms with Crippen LogP contribution in [0.5, 0.6) is 0 Å². The van der Waals surface area contributed by atoms with E-state index < -0.39 is 22.8 Å². The minimum Gasteiger partial charge on any atom is -0.480 e. The summed E-state index contributed by atoms with van der Waals surface area (Å²) in [4.78, 5) is 35.3. The van der Waals surface area contributed by atoms with Crippen molar-refractivity contribution in [2.24, 2.45) is 0 Å². The number of carboxylic acid groups (broad SMARTS) is 1. The molecule has 1 N–H and O–H groups in total. The van der Waals surface area contributed by atoms with E-state index in [1.165, 1.54) is 21.7 Å². The molecule has 8 nitrogen and oxygen atoms in total. The van der Waals surface area contributed by atoms with Crippen molar-refractivity contribution in [2.45, 2.75) is 38.8 Å². The number of nitro groups is 1. The molecule has 0 saturated carbocycles. The highest BCUT2D eigenvalue weighted by Crippen LogP contribution is 2.25. The predicted octanol–water partition coefficient (Wildman–Crippen LogP) is 1.67. The summed E-state index contributed by atoms with van der Waals surface area (Å²) in [6.07, 6.45) is 2.34. The van der Waals surface area contributed by atoms with E-state index in [2.05, 4.69) is 0 Å². The number of rotatable bonds is 4. The van der Waals surface area contributed by atoms with E-state index in [4.69, 9.17) is 5.11 Å². The maximum atomic E-state index is 12.5. The molecule has 0 spiro atoms. The van der Waals surface area contributed by atoms with Gasteiger partial charge in [-0.3, -0.25) is 14.9 Å². The molecule has 0 radical (unpaired) electrons. The second-order valence-corrected chi connectivity index (χ2v) is 5.34. The van der Waals surface area contributed by atoms with Gasteiger partial charge in [0.15, 0.2) is 0 Å². The molecule has 0 aliphatic carbocycles. The van der Waals surface area contributed by atoms with Crippen LogP contribution in [0.1, 0.15) is 43.2 Å². The highest BCUT2D eigenvalue weighted by atomic mass is 16.6. The maximum absolute atomic E-state index is 12.5. The van der Waals surface area contributed by atoms with Gasteiger partial charge in [0.25, 0.3) is 11.6 Å². The number of nitrogens with zero attached hydrogens (tertiary/aromatic N) is 3. The van der Waals surface area contributed by atoms with Crippen molar-refractivity contribution < 1.29 is 19.6 Å². The molecule has 0 aromatic carbocycles. The highest BCUT2D eigenvalue weighted by molar-refractivity contribution is 5.96. The fraction of sp³-hybridized carbons (Fsp3) is 0.538. The lowest BCUT2D eigenvalue weighted by atomic mass is 10.2. The van der Waals surface area contributed by atoms with Crippen molar-refractivity contribution in [2.75, 3.05) is 6.54 Å². The third kappa shape index (κ3) is 2.74. The number of aromatic nitrogens is 1. The molecule has 8 heteroatoms. The summed E-state index contributed by atoms with van der Waals surface area (Å²) in [6, 6.07) is 0.218. The molecule has 114 valence electrons. The summed E-state index contributed by atoms with van der Waals surface area (Å²) in [6.45, 7) is 3.96. The molecule has 1 amide bonds. The fourth-order valence-corrected chi connectivity index (χ4v) is 2.58. The van der Waals surface area contributed by atoms with Crippen LogP contribution in [0.15, 0.2) is 12.3 Å². The number of carboxylic acids is 1. The Balaban J connectivity index is 2.38. The van der Waals surface area contributed by atoms with E-state index in [-0.39, 0.29) is 17.4 Å². The lowest BCUT2D eigenvalue weighted by molar-refractivity contribution is -0.384. The number of carbonyl (C=O) groups excluding carboxylic acids is 1. The van der Waals surface area contributed by atoms with E-state index in [1.807, 2.05) is 0 Å². The summed E-state index contributed by atoms with van der Waals surface area (Å²) >= 11 is 0. The topological polar surface area (TPSA) is 106 Å². The third-order valence-electron chi connectivity index (χ3n) is 3.62. The van der Waals surface area contributed by atoms with Crippen LogP contribution < -0.4 is 0 Å². The Bertz CT molecular complexity index is 593. The van der Waals surface area contributed by atoms with Crippen molar-refractivity contribution in [3.8, 4) is 0 Å². The van der Waals surface area contributed by atoms with E-state index in [1.54, 1.807) is 13.8 Å². The Kier molecular flexibility index (Phi) is 3.97. The van der Waals surface area contributed by atoms with Gasteiger partial charge in [-0.25, -0.2) is 4.79 Å². The fourth-order valence-electron chi connectivity index (χ4n) is 2.58. The van der Waals surface area contributed by atoms with E-state index in [0.717, 1.165) is 0 Å². The zero-order valence-electron chi connectivity index (χ0n) is 11.9. The number of amides is 1. The number of likely N-dealkylation sites (tertiary alicyclic amines) is 1. The second kappa shape index (κ2) is 5.55. The molecule has 1 aromatic rings. The molecule has 0 unspecified atom stereocenters. The molecule has 2 rings (SSSR count). The lowest BCUT2D eigenvalue weighted by Crippen LogP contribution is -2.41. The average molecular weight is 295 g/mol. The smallest absolute Gasteiger partial charge is 0.326 e. The first-order chi connectivity index (χ1) is 9.82. The third-order valence-corrected chi connectivity index (χ3v) is 3.62. The van der Waals surface area contributed by atoms with E-state index in [0.29, 0.717) is 19.4 Å². The summed E-state index contributed by atoms with van der Waals surface area (Å²) in [5, 5.41) is 20.0. The van der Waals surface area contributed by atoms with Crippen LogP contribution in [-0.4, -0.2) is 44.0 Å². The molecule has 1 saturated heterocycles. The predicted molar refractivity (Wildman–Crippen MR) is 73.2 cm³/mol. The molecule has 2 heterocycles. The number of hydrogen-bond acceptors (Lipinski definition) is 4. The van der Waals surface area contributed by atoms with Crippen LogP contribution in [0.4, 0.5) is 5.69 Å². The molecule has 1 aliphatic rings. The van der Waals surface area contributed by atoms with Gasteiger partial charge in [0.05, 0.1) is 11.1 Å². The molecule has 0 bridgehead atoms. The largest absolute Gasteiger partial charge is 0.480 e. The first-order valence-electron chi connectivity index (χ1n) is 6.73. The SMILES string of the molecule is CC(C)n1cc([N+](=O)[O-])cc1C(=O)N1CCC[C@H]1C(=O)O. The number of aliphatic carboxylic acids is 1. The molecular weight excluding hydrogens is 278 g/mol. The van der Waals surface area contributed by atoms with E-state index >= 15 is 0 Å². The number of hydrogen-bond donors (Lipinski definition) is 1. The van der Waals surface area contributed by atoms with Gasteiger partial charge in [-0.05, 0) is 26.7 Å². The molecule has 21 heavy (non-hydrogen) atoms. The van der Waals surface area contributed by atoms with Gasteiger partial charge < -0.3 is 14.6 Å². The van der Waals surface area contributed by atoms with Crippen molar-refractivity contribution in [3.63, 3.8) is 0 Å². The van der Waals surface area contributed by atoms with Crippen molar-refractivity contribution in [3.05, 3.63) is 28.1 Å². The van der Waals surface area contributed by atoms with Crippen molar-refractivity contribution in [1.29, 1.82) is 0 Å². The van der Waals surface area contributed by atoms with Crippen molar-refractivity contribution >= 4 is 17.6 Å². The van der Waals surface area contributed by atoms with Crippen molar-refractivity contribution in [1.82, 2.24) is 9.47 Å². The zero-order chi connectivity index (χ0) is 15.7.